The molecule has 0 bridgehead atoms. The predicted octanol–water partition coefficient (Wildman–Crippen LogP) is 14.1. The maximum Gasteiger partial charge on any atom is 0.164 e. The minimum Gasteiger partial charge on any atom is -0.456 e. The van der Waals surface area contributed by atoms with E-state index >= 15 is 0 Å². The lowest BCUT2D eigenvalue weighted by Gasteiger charge is -2.15. The van der Waals surface area contributed by atoms with Crippen LogP contribution in [0.1, 0.15) is 0 Å². The summed E-state index contributed by atoms with van der Waals surface area (Å²) in [5.74, 6) is 1.86. The van der Waals surface area contributed by atoms with E-state index in [1.165, 1.54) is 25.7 Å². The average Bonchev–Trinajstić information content (AvgIpc) is 3.85. The number of furan rings is 1. The van der Waals surface area contributed by atoms with Gasteiger partial charge in [0, 0.05) is 47.6 Å². The maximum atomic E-state index is 6.40. The topological polar surface area (TPSA) is 51.8 Å². The molecule has 11 aromatic rings. The van der Waals surface area contributed by atoms with Crippen LogP contribution in [0.4, 0.5) is 0 Å². The molecule has 0 spiro atoms. The second kappa shape index (κ2) is 13.3. The Kier molecular flexibility index (Phi) is 7.64. The van der Waals surface area contributed by atoms with E-state index in [9.17, 15) is 0 Å². The summed E-state index contributed by atoms with van der Waals surface area (Å²) in [6, 6.07) is 65.7. The van der Waals surface area contributed by atoms with Gasteiger partial charge in [0.25, 0.3) is 0 Å². The van der Waals surface area contributed by atoms with Crippen molar-refractivity contribution in [1.82, 2.24) is 15.0 Å². The van der Waals surface area contributed by atoms with Crippen molar-refractivity contribution in [2.24, 2.45) is 0 Å². The van der Waals surface area contributed by atoms with Crippen molar-refractivity contribution in [1.29, 1.82) is 0 Å². The molecular formula is C51H31N3OS. The van der Waals surface area contributed by atoms with Gasteiger partial charge < -0.3 is 4.42 Å². The van der Waals surface area contributed by atoms with Crippen molar-refractivity contribution >= 4 is 53.4 Å². The number of rotatable bonds is 6. The van der Waals surface area contributed by atoms with Gasteiger partial charge in [0.05, 0.1) is 0 Å². The van der Waals surface area contributed by atoms with Crippen LogP contribution in [-0.4, -0.2) is 15.0 Å². The first kappa shape index (κ1) is 32.2. The Balaban J connectivity index is 1.13. The Hall–Kier alpha value is -7.21. The first-order valence-corrected chi connectivity index (χ1v) is 19.5. The minimum atomic E-state index is 0.609. The number of aromatic nitrogens is 3. The van der Waals surface area contributed by atoms with Crippen molar-refractivity contribution in [3.05, 3.63) is 188 Å². The highest BCUT2D eigenvalue weighted by Crippen LogP contribution is 2.44. The molecule has 0 radical (unpaired) electrons. The lowest BCUT2D eigenvalue weighted by Crippen LogP contribution is -2.00. The molecule has 5 heteroatoms. The summed E-state index contributed by atoms with van der Waals surface area (Å²) in [6.45, 7) is 0. The molecule has 0 aliphatic carbocycles. The first-order valence-electron chi connectivity index (χ1n) is 18.7. The van der Waals surface area contributed by atoms with Crippen LogP contribution in [0.3, 0.4) is 0 Å². The molecule has 0 fully saturated rings. The van der Waals surface area contributed by atoms with Gasteiger partial charge in [-0.3, -0.25) is 0 Å². The van der Waals surface area contributed by atoms with Gasteiger partial charge in [-0.15, -0.1) is 11.3 Å². The van der Waals surface area contributed by atoms with E-state index in [1.807, 2.05) is 59.9 Å². The summed E-state index contributed by atoms with van der Waals surface area (Å²) in [5, 5.41) is 4.71. The normalized spacial score (nSPS) is 11.6. The number of thiophene rings is 1. The molecular weight excluding hydrogens is 703 g/mol. The first-order chi connectivity index (χ1) is 27.7. The molecule has 4 nitrogen and oxygen atoms in total. The minimum absolute atomic E-state index is 0.609. The second-order valence-electron chi connectivity index (χ2n) is 14.0. The van der Waals surface area contributed by atoms with Gasteiger partial charge in [-0.1, -0.05) is 152 Å². The second-order valence-corrected chi connectivity index (χ2v) is 15.0. The van der Waals surface area contributed by atoms with Gasteiger partial charge in [0.2, 0.25) is 0 Å². The van der Waals surface area contributed by atoms with Crippen molar-refractivity contribution in [2.75, 3.05) is 0 Å². The lowest BCUT2D eigenvalue weighted by atomic mass is 9.90. The third kappa shape index (κ3) is 5.56. The molecule has 0 saturated heterocycles. The van der Waals surface area contributed by atoms with Gasteiger partial charge in [-0.05, 0) is 69.8 Å². The molecule has 0 aliphatic rings. The summed E-state index contributed by atoms with van der Waals surface area (Å²) in [4.78, 5) is 15.3. The molecule has 0 atom stereocenters. The number of benzene rings is 8. The SMILES string of the molecule is c1ccc(-c2ccc(-c3nc(-c4ccccc4)nc(-c4ccc(-c5ccc6sc7ccccc7c6c5)c(-c5cccc6oc7ccccc7c56)c4)n3)cc2)cc1. The molecule has 8 aromatic carbocycles. The molecule has 56 heavy (non-hydrogen) atoms. The Morgan fingerprint density at radius 2 is 0.875 bits per heavy atom. The van der Waals surface area contributed by atoms with E-state index in [0.717, 1.165) is 66.4 Å². The molecule has 0 saturated carbocycles. The Morgan fingerprint density at radius 3 is 1.66 bits per heavy atom. The predicted molar refractivity (Wildman–Crippen MR) is 233 cm³/mol. The zero-order valence-electron chi connectivity index (χ0n) is 30.1. The summed E-state index contributed by atoms with van der Waals surface area (Å²) in [6.07, 6.45) is 0. The lowest BCUT2D eigenvalue weighted by molar-refractivity contribution is 0.669. The largest absolute Gasteiger partial charge is 0.456 e. The van der Waals surface area contributed by atoms with Gasteiger partial charge in [-0.2, -0.15) is 0 Å². The van der Waals surface area contributed by atoms with Crippen LogP contribution in [0, 0.1) is 0 Å². The number of hydrogen-bond donors (Lipinski definition) is 0. The van der Waals surface area contributed by atoms with Crippen molar-refractivity contribution in [3.63, 3.8) is 0 Å². The van der Waals surface area contributed by atoms with E-state index in [2.05, 4.69) is 140 Å². The molecule has 0 N–H and O–H groups in total. The fourth-order valence-electron chi connectivity index (χ4n) is 7.84. The van der Waals surface area contributed by atoms with E-state index in [4.69, 9.17) is 19.4 Å². The van der Waals surface area contributed by atoms with Crippen LogP contribution in [-0.2, 0) is 0 Å². The van der Waals surface area contributed by atoms with Crippen molar-refractivity contribution < 1.29 is 4.42 Å². The van der Waals surface area contributed by atoms with Crippen LogP contribution in [0.5, 0.6) is 0 Å². The molecule has 0 aliphatic heterocycles. The third-order valence-corrected chi connectivity index (χ3v) is 11.7. The number of fused-ring (bicyclic) bond motifs is 6. The summed E-state index contributed by atoms with van der Waals surface area (Å²) in [7, 11) is 0. The quantitative estimate of drug-likeness (QED) is 0.171. The van der Waals surface area contributed by atoms with Gasteiger partial charge in [-0.25, -0.2) is 15.0 Å². The summed E-state index contributed by atoms with van der Waals surface area (Å²) >= 11 is 1.83. The van der Waals surface area contributed by atoms with Crippen molar-refractivity contribution in [2.45, 2.75) is 0 Å². The van der Waals surface area contributed by atoms with Crippen LogP contribution in [0.15, 0.2) is 192 Å². The zero-order valence-corrected chi connectivity index (χ0v) is 30.9. The van der Waals surface area contributed by atoms with Crippen LogP contribution in [0.2, 0.25) is 0 Å². The fraction of sp³-hybridized carbons (Fsp3) is 0. The summed E-state index contributed by atoms with van der Waals surface area (Å²) < 4.78 is 8.97. The fourth-order valence-corrected chi connectivity index (χ4v) is 8.93. The number of hydrogen-bond acceptors (Lipinski definition) is 5. The molecule has 262 valence electrons. The van der Waals surface area contributed by atoms with E-state index in [-0.39, 0.29) is 0 Å². The van der Waals surface area contributed by atoms with E-state index in [1.54, 1.807) is 0 Å². The van der Waals surface area contributed by atoms with E-state index in [0.29, 0.717) is 17.5 Å². The highest BCUT2D eigenvalue weighted by Gasteiger charge is 2.19. The van der Waals surface area contributed by atoms with Gasteiger partial charge in [0.1, 0.15) is 11.2 Å². The van der Waals surface area contributed by atoms with Gasteiger partial charge >= 0.3 is 0 Å². The maximum absolute atomic E-state index is 6.40. The summed E-state index contributed by atoms with van der Waals surface area (Å²) in [5.41, 5.74) is 11.2. The standard InChI is InChI=1S/C51H31N3OS/c1-3-12-32(13-4-1)33-22-24-35(25-23-33)50-52-49(34-14-5-2-6-15-34)53-51(54-50)37-26-28-38(36-27-29-47-43(30-36)39-16-8-10-21-46(39)56-47)42(31-37)40-18-11-20-45-48(40)41-17-7-9-19-44(41)55-45/h1-31H. The Bertz CT molecular complexity index is 3240. The smallest absolute Gasteiger partial charge is 0.164 e. The molecule has 11 rings (SSSR count). The van der Waals surface area contributed by atoms with E-state index < -0.39 is 0 Å². The number of para-hydroxylation sites is 1. The Labute approximate surface area is 327 Å². The van der Waals surface area contributed by atoms with Crippen LogP contribution >= 0.6 is 11.3 Å². The highest BCUT2D eigenvalue weighted by atomic mass is 32.1. The van der Waals surface area contributed by atoms with Crippen molar-refractivity contribution in [3.8, 4) is 67.5 Å². The molecule has 0 amide bonds. The third-order valence-electron chi connectivity index (χ3n) is 10.6. The molecule has 3 aromatic heterocycles. The van der Waals surface area contributed by atoms with Gasteiger partial charge in [0.15, 0.2) is 17.5 Å². The number of nitrogens with zero attached hydrogens (tertiary/aromatic N) is 3. The monoisotopic (exact) mass is 733 g/mol. The molecule has 3 heterocycles. The zero-order chi connectivity index (χ0) is 37.0. The average molecular weight is 734 g/mol. The van der Waals surface area contributed by atoms with Crippen LogP contribution < -0.4 is 0 Å². The Morgan fingerprint density at radius 1 is 0.321 bits per heavy atom. The highest BCUT2D eigenvalue weighted by molar-refractivity contribution is 7.25. The van der Waals surface area contributed by atoms with Crippen LogP contribution in [0.25, 0.3) is 110 Å². The molecule has 0 unspecified atom stereocenters.